The second-order valence-corrected chi connectivity index (χ2v) is 5.20. The number of rotatable bonds is 4. The molecule has 0 aromatic heterocycles. The second kappa shape index (κ2) is 5.47. The Morgan fingerprint density at radius 2 is 1.80 bits per heavy atom. The summed E-state index contributed by atoms with van der Waals surface area (Å²) in [6.07, 6.45) is 2.06. The highest BCUT2D eigenvalue weighted by atomic mass is 16.1. The zero-order valence-electron chi connectivity index (χ0n) is 11.3. The van der Waals surface area contributed by atoms with Crippen LogP contribution in [0.4, 0.5) is 0 Å². The van der Waals surface area contributed by atoms with E-state index < -0.39 is 6.04 Å². The average Bonchev–Trinajstić information content (AvgIpc) is 2.88. The normalized spacial score (nSPS) is 18.5. The van der Waals surface area contributed by atoms with Gasteiger partial charge in [-0.15, -0.1) is 0 Å². The topological polar surface area (TPSA) is 55.1 Å². The molecule has 2 aromatic carbocycles. The number of amides is 1. The van der Waals surface area contributed by atoms with Crippen LogP contribution in [0.25, 0.3) is 0 Å². The summed E-state index contributed by atoms with van der Waals surface area (Å²) in [6, 6.07) is 17.8. The lowest BCUT2D eigenvalue weighted by Gasteiger charge is -2.21. The van der Waals surface area contributed by atoms with Crippen molar-refractivity contribution >= 4 is 5.91 Å². The van der Waals surface area contributed by atoms with E-state index in [4.69, 9.17) is 5.73 Å². The minimum Gasteiger partial charge on any atom is -0.368 e. The van der Waals surface area contributed by atoms with Gasteiger partial charge >= 0.3 is 0 Å². The fourth-order valence-electron chi connectivity index (χ4n) is 2.92. The molecule has 0 saturated heterocycles. The van der Waals surface area contributed by atoms with Crippen molar-refractivity contribution in [2.75, 3.05) is 0 Å². The molecule has 0 aliphatic heterocycles. The van der Waals surface area contributed by atoms with Gasteiger partial charge in [-0.2, -0.15) is 0 Å². The van der Waals surface area contributed by atoms with Crippen LogP contribution >= 0.6 is 0 Å². The summed E-state index contributed by atoms with van der Waals surface area (Å²) in [5, 5.41) is 3.41. The number of hydrogen-bond acceptors (Lipinski definition) is 2. The molecule has 1 amide bonds. The van der Waals surface area contributed by atoms with Crippen molar-refractivity contribution < 1.29 is 4.79 Å². The molecule has 0 bridgehead atoms. The van der Waals surface area contributed by atoms with Gasteiger partial charge in [0, 0.05) is 6.04 Å². The zero-order chi connectivity index (χ0) is 13.9. The molecule has 3 heteroatoms. The van der Waals surface area contributed by atoms with E-state index in [1.54, 1.807) is 0 Å². The molecule has 2 atom stereocenters. The van der Waals surface area contributed by atoms with Crippen molar-refractivity contribution in [3.05, 3.63) is 71.3 Å². The van der Waals surface area contributed by atoms with Gasteiger partial charge in [-0.3, -0.25) is 10.1 Å². The Morgan fingerprint density at radius 3 is 2.55 bits per heavy atom. The van der Waals surface area contributed by atoms with E-state index in [0.29, 0.717) is 0 Å². The molecule has 20 heavy (non-hydrogen) atoms. The Hall–Kier alpha value is -2.13. The summed E-state index contributed by atoms with van der Waals surface area (Å²) in [6.45, 7) is 0. The fraction of sp³-hybridized carbons (Fsp3) is 0.235. The number of carbonyl (C=O) groups is 1. The predicted octanol–water partition coefficient (Wildman–Crippen LogP) is 2.49. The van der Waals surface area contributed by atoms with Gasteiger partial charge in [0.2, 0.25) is 5.91 Å². The number of primary amides is 1. The van der Waals surface area contributed by atoms with E-state index in [2.05, 4.69) is 23.5 Å². The Bertz CT molecular complexity index is 609. The Balaban J connectivity index is 1.84. The van der Waals surface area contributed by atoms with Crippen LogP contribution in [0.1, 0.15) is 35.2 Å². The number of nitrogens with two attached hydrogens (primary N) is 1. The van der Waals surface area contributed by atoms with Gasteiger partial charge in [0.1, 0.15) is 6.04 Å². The second-order valence-electron chi connectivity index (χ2n) is 5.20. The number of nitrogens with one attached hydrogen (secondary N) is 1. The third-order valence-corrected chi connectivity index (χ3v) is 3.92. The molecule has 1 aliphatic carbocycles. The quantitative estimate of drug-likeness (QED) is 0.893. The third-order valence-electron chi connectivity index (χ3n) is 3.92. The Kier molecular flexibility index (Phi) is 3.52. The molecule has 1 aliphatic rings. The summed E-state index contributed by atoms with van der Waals surface area (Å²) >= 11 is 0. The molecule has 2 aromatic rings. The zero-order valence-corrected chi connectivity index (χ0v) is 11.3. The Morgan fingerprint density at radius 1 is 1.10 bits per heavy atom. The molecule has 102 valence electrons. The van der Waals surface area contributed by atoms with Gasteiger partial charge < -0.3 is 5.73 Å². The van der Waals surface area contributed by atoms with Crippen LogP contribution in [0.5, 0.6) is 0 Å². The average molecular weight is 266 g/mol. The summed E-state index contributed by atoms with van der Waals surface area (Å²) in [4.78, 5) is 11.8. The van der Waals surface area contributed by atoms with E-state index >= 15 is 0 Å². The minimum absolute atomic E-state index is 0.198. The van der Waals surface area contributed by atoms with E-state index in [9.17, 15) is 4.79 Å². The third kappa shape index (κ3) is 2.45. The van der Waals surface area contributed by atoms with Crippen molar-refractivity contribution in [2.24, 2.45) is 5.73 Å². The van der Waals surface area contributed by atoms with Crippen LogP contribution < -0.4 is 11.1 Å². The monoisotopic (exact) mass is 266 g/mol. The van der Waals surface area contributed by atoms with Crippen LogP contribution in [-0.2, 0) is 11.2 Å². The van der Waals surface area contributed by atoms with Crippen LogP contribution in [0, 0.1) is 0 Å². The number of benzene rings is 2. The smallest absolute Gasteiger partial charge is 0.239 e. The van der Waals surface area contributed by atoms with Crippen molar-refractivity contribution in [2.45, 2.75) is 24.9 Å². The number of hydrogen-bond donors (Lipinski definition) is 2. The molecule has 2 unspecified atom stereocenters. The van der Waals surface area contributed by atoms with Gasteiger partial charge in [0.15, 0.2) is 0 Å². The van der Waals surface area contributed by atoms with Crippen LogP contribution in [0.2, 0.25) is 0 Å². The number of carbonyl (C=O) groups excluding carboxylic acids is 1. The maximum atomic E-state index is 11.8. The SMILES string of the molecule is NC(=O)C(NC1CCc2ccccc21)c1ccccc1. The molecule has 3 rings (SSSR count). The molecule has 3 nitrogen and oxygen atoms in total. The number of fused-ring (bicyclic) bond motifs is 1. The maximum absolute atomic E-state index is 11.8. The van der Waals surface area contributed by atoms with Crippen LogP contribution in [0.15, 0.2) is 54.6 Å². The molecule has 3 N–H and O–H groups in total. The molecule has 0 spiro atoms. The number of aryl methyl sites for hydroxylation is 1. The largest absolute Gasteiger partial charge is 0.368 e. The standard InChI is InChI=1S/C17H18N2O/c18-17(20)16(13-7-2-1-3-8-13)19-15-11-10-12-6-4-5-9-14(12)15/h1-9,15-16,19H,10-11H2,(H2,18,20). The molecule has 0 saturated carbocycles. The fourth-order valence-corrected chi connectivity index (χ4v) is 2.92. The molecular weight excluding hydrogens is 248 g/mol. The van der Waals surface area contributed by atoms with E-state index in [-0.39, 0.29) is 11.9 Å². The summed E-state index contributed by atoms with van der Waals surface area (Å²) in [5.74, 6) is -0.333. The van der Waals surface area contributed by atoms with Gasteiger partial charge in [0.25, 0.3) is 0 Å². The van der Waals surface area contributed by atoms with E-state index in [1.807, 2.05) is 36.4 Å². The minimum atomic E-state index is -0.438. The molecule has 0 radical (unpaired) electrons. The highest BCUT2D eigenvalue weighted by Gasteiger charge is 2.27. The predicted molar refractivity (Wildman–Crippen MR) is 79.0 cm³/mol. The van der Waals surface area contributed by atoms with Gasteiger partial charge in [-0.25, -0.2) is 0 Å². The van der Waals surface area contributed by atoms with Gasteiger partial charge in [-0.1, -0.05) is 54.6 Å². The van der Waals surface area contributed by atoms with Crippen molar-refractivity contribution in [3.8, 4) is 0 Å². The van der Waals surface area contributed by atoms with Crippen LogP contribution in [-0.4, -0.2) is 5.91 Å². The van der Waals surface area contributed by atoms with Gasteiger partial charge in [0.05, 0.1) is 0 Å². The lowest BCUT2D eigenvalue weighted by atomic mass is 10.0. The first-order valence-corrected chi connectivity index (χ1v) is 6.94. The summed E-state index contributed by atoms with van der Waals surface area (Å²) in [7, 11) is 0. The van der Waals surface area contributed by atoms with E-state index in [0.717, 1.165) is 18.4 Å². The van der Waals surface area contributed by atoms with Gasteiger partial charge in [-0.05, 0) is 29.5 Å². The first-order chi connectivity index (χ1) is 9.75. The Labute approximate surface area is 118 Å². The maximum Gasteiger partial charge on any atom is 0.239 e. The van der Waals surface area contributed by atoms with Crippen LogP contribution in [0.3, 0.4) is 0 Å². The molecule has 0 fully saturated rings. The van der Waals surface area contributed by atoms with E-state index in [1.165, 1.54) is 11.1 Å². The highest BCUT2D eigenvalue weighted by molar-refractivity contribution is 5.81. The first-order valence-electron chi connectivity index (χ1n) is 6.94. The first kappa shape index (κ1) is 12.9. The molecule has 0 heterocycles. The lowest BCUT2D eigenvalue weighted by molar-refractivity contribution is -0.120. The van der Waals surface area contributed by atoms with Crippen molar-refractivity contribution in [1.82, 2.24) is 5.32 Å². The van der Waals surface area contributed by atoms with Crippen molar-refractivity contribution in [1.29, 1.82) is 0 Å². The van der Waals surface area contributed by atoms with Crippen molar-refractivity contribution in [3.63, 3.8) is 0 Å². The highest BCUT2D eigenvalue weighted by Crippen LogP contribution is 2.32. The lowest BCUT2D eigenvalue weighted by Crippen LogP contribution is -2.35. The summed E-state index contributed by atoms with van der Waals surface area (Å²) in [5.41, 5.74) is 9.14. The summed E-state index contributed by atoms with van der Waals surface area (Å²) < 4.78 is 0. The molecular formula is C17H18N2O.